The summed E-state index contributed by atoms with van der Waals surface area (Å²) in [6, 6.07) is 12.7. The summed E-state index contributed by atoms with van der Waals surface area (Å²) in [5.74, 6) is 0.872. The SMILES string of the molecule is CCC.CCNc1cc(-c2ccc(OCCOC)cc2)cc(C)c1C.NC=O. The van der Waals surface area contributed by atoms with Crippen molar-refractivity contribution in [2.45, 2.75) is 41.0 Å². The Morgan fingerprint density at radius 2 is 1.57 bits per heavy atom. The molecule has 0 unspecified atom stereocenters. The van der Waals surface area contributed by atoms with E-state index in [0.29, 0.717) is 13.2 Å². The van der Waals surface area contributed by atoms with Gasteiger partial charge >= 0.3 is 0 Å². The molecule has 5 nitrogen and oxygen atoms in total. The van der Waals surface area contributed by atoms with E-state index in [9.17, 15) is 0 Å². The molecule has 28 heavy (non-hydrogen) atoms. The van der Waals surface area contributed by atoms with Gasteiger partial charge in [0.15, 0.2) is 0 Å². The first-order valence-electron chi connectivity index (χ1n) is 9.71. The molecule has 0 saturated carbocycles. The van der Waals surface area contributed by atoms with Gasteiger partial charge in [-0.1, -0.05) is 38.5 Å². The number of aryl methyl sites for hydroxylation is 1. The van der Waals surface area contributed by atoms with Crippen molar-refractivity contribution >= 4 is 12.1 Å². The number of carbonyl (C=O) groups excluding carboxylic acids is 1. The van der Waals surface area contributed by atoms with E-state index < -0.39 is 0 Å². The van der Waals surface area contributed by atoms with Gasteiger partial charge in [0, 0.05) is 19.3 Å². The maximum Gasteiger partial charge on any atom is 0.204 e. The zero-order valence-corrected chi connectivity index (χ0v) is 18.2. The minimum atomic E-state index is 0.250. The van der Waals surface area contributed by atoms with Crippen LogP contribution in [0.15, 0.2) is 36.4 Å². The minimum absolute atomic E-state index is 0.250. The predicted octanol–water partition coefficient (Wildman–Crippen LogP) is 4.95. The number of benzene rings is 2. The number of amides is 1. The summed E-state index contributed by atoms with van der Waals surface area (Å²) in [7, 11) is 1.67. The molecule has 0 spiro atoms. The Kier molecular flexibility index (Phi) is 14.1. The van der Waals surface area contributed by atoms with Gasteiger partial charge in [-0.15, -0.1) is 0 Å². The molecule has 0 aliphatic rings. The Hall–Kier alpha value is -2.53. The zero-order chi connectivity index (χ0) is 21.4. The van der Waals surface area contributed by atoms with Gasteiger partial charge in [-0.25, -0.2) is 0 Å². The van der Waals surface area contributed by atoms with Crippen LogP contribution in [0.3, 0.4) is 0 Å². The van der Waals surface area contributed by atoms with Crippen molar-refractivity contribution in [3.8, 4) is 16.9 Å². The number of hydrogen-bond donors (Lipinski definition) is 2. The molecule has 0 aliphatic heterocycles. The van der Waals surface area contributed by atoms with Crippen LogP contribution in [-0.2, 0) is 9.53 Å². The minimum Gasteiger partial charge on any atom is -0.491 e. The first kappa shape index (κ1) is 25.5. The van der Waals surface area contributed by atoms with Crippen molar-refractivity contribution in [1.29, 1.82) is 0 Å². The summed E-state index contributed by atoms with van der Waals surface area (Å²) in [6.45, 7) is 12.8. The summed E-state index contributed by atoms with van der Waals surface area (Å²) in [4.78, 5) is 8.58. The van der Waals surface area contributed by atoms with Crippen molar-refractivity contribution in [2.24, 2.45) is 5.73 Å². The van der Waals surface area contributed by atoms with Crippen LogP contribution in [0.2, 0.25) is 0 Å². The van der Waals surface area contributed by atoms with Gasteiger partial charge in [0.2, 0.25) is 6.41 Å². The number of nitrogens with one attached hydrogen (secondary N) is 1. The van der Waals surface area contributed by atoms with Crippen molar-refractivity contribution < 1.29 is 14.3 Å². The number of primary amides is 1. The molecule has 156 valence electrons. The number of anilines is 1. The smallest absolute Gasteiger partial charge is 0.204 e. The van der Waals surface area contributed by atoms with E-state index in [0.717, 1.165) is 12.3 Å². The average molecular weight is 389 g/mol. The fraction of sp³-hybridized carbons (Fsp3) is 0.435. The second-order valence-corrected chi connectivity index (χ2v) is 6.20. The number of carbonyl (C=O) groups is 1. The van der Waals surface area contributed by atoms with E-state index in [-0.39, 0.29) is 6.41 Å². The van der Waals surface area contributed by atoms with Crippen molar-refractivity contribution in [2.75, 3.05) is 32.2 Å². The highest BCUT2D eigenvalue weighted by atomic mass is 16.5. The molecule has 3 N–H and O–H groups in total. The summed E-state index contributed by atoms with van der Waals surface area (Å²) in [6.07, 6.45) is 1.50. The largest absolute Gasteiger partial charge is 0.491 e. The summed E-state index contributed by atoms with van der Waals surface area (Å²) < 4.78 is 10.6. The Bertz CT molecular complexity index is 670. The van der Waals surface area contributed by atoms with Crippen LogP contribution in [0.25, 0.3) is 11.1 Å². The number of methoxy groups -OCH3 is 1. The van der Waals surface area contributed by atoms with Crippen LogP contribution in [0.1, 0.15) is 38.3 Å². The molecule has 2 rings (SSSR count). The summed E-state index contributed by atoms with van der Waals surface area (Å²) in [5, 5.41) is 3.43. The molecular formula is C23H36N2O3. The van der Waals surface area contributed by atoms with E-state index in [2.05, 4.69) is 69.9 Å². The highest BCUT2D eigenvalue weighted by Gasteiger charge is 2.06. The quantitative estimate of drug-likeness (QED) is 0.520. The lowest BCUT2D eigenvalue weighted by Crippen LogP contribution is -2.04. The second-order valence-electron chi connectivity index (χ2n) is 6.20. The third-order valence-electron chi connectivity index (χ3n) is 3.78. The number of ether oxygens (including phenoxy) is 2. The lowest BCUT2D eigenvalue weighted by molar-refractivity contribution is -0.106. The molecule has 1 amide bonds. The van der Waals surface area contributed by atoms with Crippen molar-refractivity contribution in [3.05, 3.63) is 47.5 Å². The maximum absolute atomic E-state index is 8.58. The van der Waals surface area contributed by atoms with Crippen LogP contribution in [-0.4, -0.2) is 33.3 Å². The average Bonchev–Trinajstić information content (AvgIpc) is 2.67. The van der Waals surface area contributed by atoms with Crippen LogP contribution in [0, 0.1) is 13.8 Å². The highest BCUT2D eigenvalue weighted by molar-refractivity contribution is 5.72. The molecule has 0 heterocycles. The summed E-state index contributed by atoms with van der Waals surface area (Å²) in [5.41, 5.74) is 10.4. The normalized spacial score (nSPS) is 9.36. The maximum atomic E-state index is 8.58. The molecular weight excluding hydrogens is 352 g/mol. The van der Waals surface area contributed by atoms with E-state index in [1.165, 1.54) is 34.4 Å². The third-order valence-corrected chi connectivity index (χ3v) is 3.78. The lowest BCUT2D eigenvalue weighted by atomic mass is 9.98. The lowest BCUT2D eigenvalue weighted by Gasteiger charge is -2.14. The van der Waals surface area contributed by atoms with Crippen LogP contribution < -0.4 is 15.8 Å². The molecule has 0 aromatic heterocycles. The third kappa shape index (κ3) is 9.42. The van der Waals surface area contributed by atoms with Gasteiger partial charge in [-0.05, 0) is 61.2 Å². The van der Waals surface area contributed by atoms with Gasteiger partial charge in [0.05, 0.1) is 6.61 Å². The Balaban J connectivity index is 0.00000108. The number of hydrogen-bond acceptors (Lipinski definition) is 4. The molecule has 2 aromatic carbocycles. The molecule has 0 aliphatic carbocycles. The Morgan fingerprint density at radius 3 is 2.07 bits per heavy atom. The number of rotatable bonds is 7. The Labute approximate surface area is 170 Å². The van der Waals surface area contributed by atoms with Crippen LogP contribution in [0.4, 0.5) is 5.69 Å². The van der Waals surface area contributed by atoms with Gasteiger partial charge in [-0.3, -0.25) is 4.79 Å². The topological polar surface area (TPSA) is 73.6 Å². The zero-order valence-electron chi connectivity index (χ0n) is 18.2. The summed E-state index contributed by atoms with van der Waals surface area (Å²) >= 11 is 0. The fourth-order valence-electron chi connectivity index (χ4n) is 2.39. The van der Waals surface area contributed by atoms with E-state index in [1.54, 1.807) is 7.11 Å². The molecule has 0 radical (unpaired) electrons. The van der Waals surface area contributed by atoms with Crippen LogP contribution >= 0.6 is 0 Å². The van der Waals surface area contributed by atoms with Crippen molar-refractivity contribution in [3.63, 3.8) is 0 Å². The van der Waals surface area contributed by atoms with E-state index in [1.807, 2.05) is 12.1 Å². The molecule has 0 saturated heterocycles. The van der Waals surface area contributed by atoms with Crippen molar-refractivity contribution in [1.82, 2.24) is 0 Å². The van der Waals surface area contributed by atoms with E-state index in [4.69, 9.17) is 14.3 Å². The monoisotopic (exact) mass is 388 g/mol. The second kappa shape index (κ2) is 15.5. The van der Waals surface area contributed by atoms with Gasteiger partial charge in [0.25, 0.3) is 0 Å². The Morgan fingerprint density at radius 1 is 1.00 bits per heavy atom. The van der Waals surface area contributed by atoms with Gasteiger partial charge in [-0.2, -0.15) is 0 Å². The number of nitrogens with two attached hydrogens (primary N) is 1. The van der Waals surface area contributed by atoms with Crippen LogP contribution in [0.5, 0.6) is 5.75 Å². The first-order valence-corrected chi connectivity index (χ1v) is 9.71. The standard InChI is InChI=1S/C19H25NO2.C3H8.CH3NO/c1-5-20-19-13-17(12-14(2)15(19)3)16-6-8-18(9-7-16)22-11-10-21-4;1-3-2;2-1-3/h6-9,12-13,20H,5,10-11H2,1-4H3;3H2,1-2H3;1H,(H2,2,3). The molecule has 5 heteroatoms. The molecule has 2 aromatic rings. The van der Waals surface area contributed by atoms with Gasteiger partial charge in [0.1, 0.15) is 12.4 Å². The highest BCUT2D eigenvalue weighted by Crippen LogP contribution is 2.29. The fourth-order valence-corrected chi connectivity index (χ4v) is 2.39. The first-order chi connectivity index (χ1) is 13.5. The predicted molar refractivity (Wildman–Crippen MR) is 119 cm³/mol. The molecule has 0 bridgehead atoms. The van der Waals surface area contributed by atoms with E-state index >= 15 is 0 Å². The van der Waals surface area contributed by atoms with Gasteiger partial charge < -0.3 is 20.5 Å². The molecule has 0 atom stereocenters. The molecule has 0 fully saturated rings.